The van der Waals surface area contributed by atoms with Gasteiger partial charge in [-0.05, 0) is 0 Å². The van der Waals surface area contributed by atoms with E-state index in [2.05, 4.69) is 20.4 Å². The van der Waals surface area contributed by atoms with Gasteiger partial charge in [0, 0.05) is 16.8 Å². The van der Waals surface area contributed by atoms with Crippen LogP contribution in [0, 0.1) is 0 Å². The van der Waals surface area contributed by atoms with Gasteiger partial charge < -0.3 is 0 Å². The summed E-state index contributed by atoms with van der Waals surface area (Å²) in [6.07, 6.45) is 0. The predicted molar refractivity (Wildman–Crippen MR) is 28.2 cm³/mol. The molecule has 3 nitrogen and oxygen atoms in total. The first kappa shape index (κ1) is 44.2. The van der Waals surface area contributed by atoms with Crippen LogP contribution in [0.4, 0.5) is 0 Å². The van der Waals surface area contributed by atoms with Gasteiger partial charge >= 0.3 is 0 Å². The van der Waals surface area contributed by atoms with Crippen LogP contribution in [0.1, 0.15) is 0 Å². The first-order chi connectivity index (χ1) is 3.00. The van der Waals surface area contributed by atoms with Gasteiger partial charge in [0.1, 0.15) is 0 Å². The van der Waals surface area contributed by atoms with Crippen molar-refractivity contribution in [2.75, 3.05) is 0 Å². The SMILES string of the molecule is P.[C]=O.[C]=O.[C]=O.[Co]. The molecule has 0 fully saturated rings. The van der Waals surface area contributed by atoms with Gasteiger partial charge in [0.15, 0.2) is 0 Å². The molecule has 47 valence electrons. The van der Waals surface area contributed by atoms with Crippen molar-refractivity contribution in [1.29, 1.82) is 0 Å². The molecular weight excluding hydrogens is 174 g/mol. The van der Waals surface area contributed by atoms with E-state index < -0.39 is 0 Å². The third-order valence-electron chi connectivity index (χ3n) is 0. The fourth-order valence-electron chi connectivity index (χ4n) is 0. The van der Waals surface area contributed by atoms with Gasteiger partial charge in [-0.3, -0.25) is 14.4 Å². The minimum absolute atomic E-state index is 0. The van der Waals surface area contributed by atoms with Crippen LogP contribution >= 0.6 is 9.90 Å². The van der Waals surface area contributed by atoms with Crippen LogP contribution in [0.2, 0.25) is 0 Å². The van der Waals surface area contributed by atoms with Crippen molar-refractivity contribution in [1.82, 2.24) is 0 Å². The smallest absolute Gasteiger partial charge is 0.281 e. The van der Waals surface area contributed by atoms with Gasteiger partial charge in [-0.2, -0.15) is 9.90 Å². The zero-order valence-corrected chi connectivity index (χ0v) is 6.22. The van der Waals surface area contributed by atoms with Gasteiger partial charge in [0.2, 0.25) is 0 Å². The monoisotopic (exact) mass is 177 g/mol. The Kier molecular flexibility index (Phi) is 474000. The van der Waals surface area contributed by atoms with Crippen LogP contribution in [-0.2, 0) is 31.2 Å². The van der Waals surface area contributed by atoms with E-state index in [-0.39, 0.29) is 26.7 Å². The minimum Gasteiger partial charge on any atom is -0.281 e. The Morgan fingerprint density at radius 2 is 0.625 bits per heavy atom. The van der Waals surface area contributed by atoms with Crippen LogP contribution in [0.5, 0.6) is 0 Å². The van der Waals surface area contributed by atoms with Gasteiger partial charge in [0.25, 0.3) is 20.4 Å². The van der Waals surface area contributed by atoms with Crippen LogP contribution < -0.4 is 0 Å². The minimum atomic E-state index is 0. The molecule has 1 unspecified atom stereocenters. The average Bonchev–Trinajstić information content (AvgIpc) is 1.81. The normalized spacial score (nSPS) is 1.50. The third-order valence-corrected chi connectivity index (χ3v) is 0. The van der Waals surface area contributed by atoms with Crippen molar-refractivity contribution in [3.63, 3.8) is 0 Å². The molecule has 0 saturated carbocycles. The predicted octanol–water partition coefficient (Wildman–Crippen LogP) is -1.14. The molecule has 0 amide bonds. The molecule has 0 aromatic heterocycles. The largest absolute Gasteiger partial charge is 0.281 e. The van der Waals surface area contributed by atoms with Crippen molar-refractivity contribution in [3.05, 3.63) is 0 Å². The fourth-order valence-corrected chi connectivity index (χ4v) is 0. The molecule has 0 aliphatic heterocycles. The van der Waals surface area contributed by atoms with Crippen LogP contribution in [0.15, 0.2) is 0 Å². The Hall–Kier alpha value is -0.0535. The molecule has 0 heterocycles. The second-order valence-corrected chi connectivity index (χ2v) is 0. The van der Waals surface area contributed by atoms with Gasteiger partial charge in [-0.1, -0.05) is 0 Å². The summed E-state index contributed by atoms with van der Waals surface area (Å²) in [7, 11) is 0. The Labute approximate surface area is 62.0 Å². The summed E-state index contributed by atoms with van der Waals surface area (Å²) in [5, 5.41) is 0. The van der Waals surface area contributed by atoms with Gasteiger partial charge in [-0.25, -0.2) is 0 Å². The molecule has 0 saturated heterocycles. The number of hydrogen-bond donors (Lipinski definition) is 0. The van der Waals surface area contributed by atoms with Crippen molar-refractivity contribution in [3.8, 4) is 0 Å². The zero-order chi connectivity index (χ0) is 6.00. The van der Waals surface area contributed by atoms with Crippen molar-refractivity contribution < 1.29 is 31.2 Å². The molecule has 0 aliphatic rings. The standard InChI is InChI=1S/3CO.Co.H3P/c3*1-2;;/h;;;;1H3. The molecule has 0 spiro atoms. The van der Waals surface area contributed by atoms with Crippen molar-refractivity contribution in [2.45, 2.75) is 0 Å². The van der Waals surface area contributed by atoms with E-state index in [9.17, 15) is 0 Å². The quantitative estimate of drug-likeness (QED) is 0.439. The van der Waals surface area contributed by atoms with E-state index in [1.165, 1.54) is 0 Å². The Morgan fingerprint density at radius 1 is 0.625 bits per heavy atom. The first-order valence-corrected chi connectivity index (χ1v) is 0.612. The molecule has 1 atom stereocenters. The molecule has 7 radical (unpaired) electrons. The number of hydrogen-bond acceptors (Lipinski definition) is 3. The van der Waals surface area contributed by atoms with Crippen LogP contribution in [-0.4, -0.2) is 20.4 Å². The zero-order valence-electron chi connectivity index (χ0n) is 3.77. The summed E-state index contributed by atoms with van der Waals surface area (Å²) in [4.78, 5) is 22.5. The maximum absolute atomic E-state index is 7.50. The van der Waals surface area contributed by atoms with Crippen molar-refractivity contribution in [2.24, 2.45) is 0 Å². The summed E-state index contributed by atoms with van der Waals surface area (Å²) >= 11 is 0. The molecule has 0 aliphatic carbocycles. The molecule has 0 N–H and O–H groups in total. The Morgan fingerprint density at radius 3 is 0.625 bits per heavy atom. The molecule has 5 heteroatoms. The van der Waals surface area contributed by atoms with E-state index in [0.717, 1.165) is 0 Å². The first-order valence-electron chi connectivity index (χ1n) is 0.612. The molecule has 8 heavy (non-hydrogen) atoms. The Balaban J connectivity index is -0.00000000500. The summed E-state index contributed by atoms with van der Waals surface area (Å²) in [5.41, 5.74) is 0. The van der Waals surface area contributed by atoms with E-state index in [1.807, 2.05) is 0 Å². The second kappa shape index (κ2) is 85800. The summed E-state index contributed by atoms with van der Waals surface area (Å²) < 4.78 is 0. The van der Waals surface area contributed by atoms with Crippen LogP contribution in [0.25, 0.3) is 0 Å². The summed E-state index contributed by atoms with van der Waals surface area (Å²) in [6.45, 7) is 13.5. The molecule has 0 aromatic carbocycles. The molecule has 0 aromatic rings. The average molecular weight is 177 g/mol. The van der Waals surface area contributed by atoms with E-state index in [4.69, 9.17) is 14.4 Å². The topological polar surface area (TPSA) is 51.2 Å². The van der Waals surface area contributed by atoms with E-state index >= 15 is 0 Å². The Bertz CT molecular complexity index is 19.2. The fraction of sp³-hybridized carbons (Fsp3) is 0. The number of rotatable bonds is 0. The van der Waals surface area contributed by atoms with E-state index in [1.54, 1.807) is 0 Å². The molecular formula is C3H3CoO3P. The summed E-state index contributed by atoms with van der Waals surface area (Å²) in [5.74, 6) is 0. The van der Waals surface area contributed by atoms with Crippen LogP contribution in [0.3, 0.4) is 0 Å². The number of carbonyl (C=O) groups excluding carboxylic acids is 3. The van der Waals surface area contributed by atoms with Crippen molar-refractivity contribution >= 4 is 30.3 Å². The second-order valence-electron chi connectivity index (χ2n) is 0. The van der Waals surface area contributed by atoms with E-state index in [0.29, 0.717) is 0 Å². The summed E-state index contributed by atoms with van der Waals surface area (Å²) in [6, 6.07) is 0. The maximum atomic E-state index is 7.50. The van der Waals surface area contributed by atoms with Gasteiger partial charge in [-0.15, -0.1) is 0 Å². The van der Waals surface area contributed by atoms with Gasteiger partial charge in [0.05, 0.1) is 0 Å². The molecule has 0 bridgehead atoms. The maximum Gasteiger partial charge on any atom is 0.281 e. The molecule has 0 rings (SSSR count). The third kappa shape index (κ3) is 50800.